The van der Waals surface area contributed by atoms with Crippen molar-refractivity contribution in [3.8, 4) is 0 Å². The van der Waals surface area contributed by atoms with Crippen LogP contribution in [0.1, 0.15) is 81.8 Å². The standard InChI is InChI=1S/C36H45ClF2N6O9S/c37-27-13-8-9-22-17-43(19-26(22)27)34(50)54-25-15-29-30(46)41-36(32(48)42-55(51,52)44-20-35(38,39)21-44)16-23(36)10-4-2-1-3-5-14-28(31(47)45(29)18-25)40-33(49)53-24-11-6-7-12-24/h4,8-10,13,23-25,28-29H,1-3,5-7,11-12,14-21H2,(H,40,49)(H,41,46)(H,42,48)/b10-4-/t23-,25-,28+,29?,36-/m1/s1. The van der Waals surface area contributed by atoms with Crippen LogP contribution in [0.4, 0.5) is 18.4 Å². The van der Waals surface area contributed by atoms with Crippen molar-refractivity contribution in [1.82, 2.24) is 29.5 Å². The lowest BCUT2D eigenvalue weighted by Crippen LogP contribution is -2.64. The number of ether oxygens (including phenoxy) is 2. The molecule has 0 spiro atoms. The van der Waals surface area contributed by atoms with Gasteiger partial charge in [-0.2, -0.15) is 12.7 Å². The number of benzene rings is 1. The van der Waals surface area contributed by atoms with Crippen LogP contribution in [0.15, 0.2) is 30.4 Å². The van der Waals surface area contributed by atoms with Gasteiger partial charge in [0.25, 0.3) is 11.8 Å². The molecule has 0 bridgehead atoms. The summed E-state index contributed by atoms with van der Waals surface area (Å²) in [6.45, 7) is -1.93. The number of rotatable bonds is 6. The van der Waals surface area contributed by atoms with Gasteiger partial charge in [-0.05, 0) is 68.6 Å². The highest BCUT2D eigenvalue weighted by atomic mass is 35.5. The Morgan fingerprint density at radius 1 is 0.964 bits per heavy atom. The predicted octanol–water partition coefficient (Wildman–Crippen LogP) is 3.51. The van der Waals surface area contributed by atoms with Crippen LogP contribution in [0.25, 0.3) is 0 Å². The van der Waals surface area contributed by atoms with E-state index in [-0.39, 0.29) is 45.0 Å². The van der Waals surface area contributed by atoms with Gasteiger partial charge in [0.05, 0.1) is 26.2 Å². The van der Waals surface area contributed by atoms with Gasteiger partial charge in [-0.3, -0.25) is 19.3 Å². The number of hydrogen-bond donors (Lipinski definition) is 3. The SMILES string of the molecule is O=C(N[C@H]1CCCCC/C=C\[C@@H]2C[C@@]2(C(=O)NS(=O)(=O)N2CC(F)(F)C2)NC(=O)C2C[C@@H](OC(=O)N3Cc4cccc(Cl)c4C3)CN2C1=O)OC1CCCC1. The van der Waals surface area contributed by atoms with Crippen LogP contribution in [0.3, 0.4) is 0 Å². The van der Waals surface area contributed by atoms with Crippen LogP contribution in [0.2, 0.25) is 5.02 Å². The first kappa shape index (κ1) is 39.2. The van der Waals surface area contributed by atoms with Crippen LogP contribution in [-0.4, -0.2) is 108 Å². The van der Waals surface area contributed by atoms with E-state index in [2.05, 4.69) is 10.6 Å². The lowest BCUT2D eigenvalue weighted by atomic mass is 10.0. The van der Waals surface area contributed by atoms with Gasteiger partial charge in [-0.15, -0.1) is 0 Å². The molecule has 2 saturated carbocycles. The number of halogens is 3. The maximum absolute atomic E-state index is 14.4. The fraction of sp³-hybridized carbons (Fsp3) is 0.639. The molecule has 15 nitrogen and oxygen atoms in total. The highest BCUT2D eigenvalue weighted by Crippen LogP contribution is 2.46. The van der Waals surface area contributed by atoms with E-state index in [0.29, 0.717) is 35.0 Å². The minimum Gasteiger partial charge on any atom is -0.446 e. The molecule has 0 aromatic heterocycles. The number of alkyl halides is 2. The molecule has 0 radical (unpaired) electrons. The third-order valence-electron chi connectivity index (χ3n) is 11.3. The number of hydrogen-bond acceptors (Lipinski definition) is 9. The van der Waals surface area contributed by atoms with E-state index >= 15 is 0 Å². The van der Waals surface area contributed by atoms with Crippen LogP contribution in [-0.2, 0) is 47.2 Å². The van der Waals surface area contributed by atoms with E-state index in [1.807, 2.05) is 16.9 Å². The van der Waals surface area contributed by atoms with Gasteiger partial charge in [0.15, 0.2) is 0 Å². The van der Waals surface area contributed by atoms with Gasteiger partial charge in [0, 0.05) is 23.9 Å². The molecule has 5 amide bonds. The van der Waals surface area contributed by atoms with Crippen LogP contribution in [0.5, 0.6) is 0 Å². The largest absolute Gasteiger partial charge is 0.446 e. The molecule has 1 aromatic carbocycles. The number of alkyl carbamates (subject to hydrolysis) is 1. The zero-order chi connectivity index (χ0) is 39.1. The average molecular weight is 811 g/mol. The summed E-state index contributed by atoms with van der Waals surface area (Å²) in [6.07, 6.45) is 6.80. The third-order valence-corrected chi connectivity index (χ3v) is 13.1. The number of nitrogens with one attached hydrogen (secondary N) is 3. The minimum absolute atomic E-state index is 0.0150. The molecule has 4 heterocycles. The quantitative estimate of drug-likeness (QED) is 0.362. The van der Waals surface area contributed by atoms with E-state index in [4.69, 9.17) is 21.1 Å². The Morgan fingerprint density at radius 2 is 1.71 bits per heavy atom. The van der Waals surface area contributed by atoms with Gasteiger partial charge in [0.2, 0.25) is 11.8 Å². The first-order chi connectivity index (χ1) is 26.1. The molecule has 2 aliphatic carbocycles. The Morgan fingerprint density at radius 3 is 2.44 bits per heavy atom. The fourth-order valence-corrected chi connectivity index (χ4v) is 9.66. The van der Waals surface area contributed by atoms with Crippen molar-refractivity contribution in [2.75, 3.05) is 19.6 Å². The Bertz CT molecular complexity index is 1860. The topological polar surface area (TPSA) is 184 Å². The zero-order valence-corrected chi connectivity index (χ0v) is 31.7. The van der Waals surface area contributed by atoms with Crippen molar-refractivity contribution < 1.29 is 50.6 Å². The highest BCUT2D eigenvalue weighted by molar-refractivity contribution is 7.87. The summed E-state index contributed by atoms with van der Waals surface area (Å²) in [6, 6.07) is 2.98. The maximum Gasteiger partial charge on any atom is 0.410 e. The summed E-state index contributed by atoms with van der Waals surface area (Å²) in [7, 11) is -4.65. The fourth-order valence-electron chi connectivity index (χ4n) is 8.14. The van der Waals surface area contributed by atoms with E-state index in [1.165, 1.54) is 9.80 Å². The summed E-state index contributed by atoms with van der Waals surface area (Å²) in [5.74, 6) is -6.37. The molecule has 6 aliphatic rings. The van der Waals surface area contributed by atoms with Gasteiger partial charge in [-0.25, -0.2) is 23.1 Å². The number of fused-ring (bicyclic) bond motifs is 3. The number of amides is 5. The molecule has 2 saturated heterocycles. The monoisotopic (exact) mass is 810 g/mol. The Kier molecular flexibility index (Phi) is 11.0. The van der Waals surface area contributed by atoms with E-state index < -0.39 is 88.8 Å². The number of carbonyl (C=O) groups excluding carboxylic acids is 5. The van der Waals surface area contributed by atoms with E-state index in [0.717, 1.165) is 36.8 Å². The van der Waals surface area contributed by atoms with Gasteiger partial charge in [-0.1, -0.05) is 48.7 Å². The normalized spacial score (nSPS) is 30.4. The molecule has 1 unspecified atom stereocenters. The minimum atomic E-state index is -4.65. The molecular weight excluding hydrogens is 766 g/mol. The van der Waals surface area contributed by atoms with Crippen LogP contribution < -0.4 is 15.4 Å². The van der Waals surface area contributed by atoms with Gasteiger partial charge < -0.3 is 25.0 Å². The lowest BCUT2D eigenvalue weighted by molar-refractivity contribution is -0.141. The first-order valence-electron chi connectivity index (χ1n) is 18.8. The molecule has 3 N–H and O–H groups in total. The second kappa shape index (κ2) is 15.5. The molecular formula is C36H45ClF2N6O9S. The van der Waals surface area contributed by atoms with Crippen molar-refractivity contribution in [2.24, 2.45) is 5.92 Å². The molecule has 19 heteroatoms. The number of allylic oxidation sites excluding steroid dienone is 1. The van der Waals surface area contributed by atoms with Crippen molar-refractivity contribution in [3.05, 3.63) is 46.5 Å². The Labute approximate surface area is 322 Å². The third kappa shape index (κ3) is 8.55. The summed E-state index contributed by atoms with van der Waals surface area (Å²) in [5, 5.41) is 5.91. The van der Waals surface area contributed by atoms with Gasteiger partial charge >= 0.3 is 22.4 Å². The van der Waals surface area contributed by atoms with Crippen molar-refractivity contribution in [3.63, 3.8) is 0 Å². The van der Waals surface area contributed by atoms with Gasteiger partial charge in [0.1, 0.15) is 29.8 Å². The number of carbonyl (C=O) groups is 5. The van der Waals surface area contributed by atoms with Crippen molar-refractivity contribution in [1.29, 1.82) is 0 Å². The Balaban J connectivity index is 1.12. The zero-order valence-electron chi connectivity index (χ0n) is 30.1. The average Bonchev–Trinajstić information content (AvgIpc) is 3.53. The molecule has 7 rings (SSSR count). The first-order valence-corrected chi connectivity index (χ1v) is 20.6. The highest BCUT2D eigenvalue weighted by Gasteiger charge is 2.62. The van der Waals surface area contributed by atoms with E-state index in [9.17, 15) is 41.2 Å². The van der Waals surface area contributed by atoms with Crippen LogP contribution in [0, 0.1) is 5.92 Å². The van der Waals surface area contributed by atoms with Crippen molar-refractivity contribution in [2.45, 2.75) is 119 Å². The second-order valence-electron chi connectivity index (χ2n) is 15.4. The van der Waals surface area contributed by atoms with Crippen LogP contribution >= 0.6 is 11.6 Å². The summed E-state index contributed by atoms with van der Waals surface area (Å²) in [5.41, 5.74) is -0.117. The smallest absolute Gasteiger partial charge is 0.410 e. The molecule has 4 fully saturated rings. The van der Waals surface area contributed by atoms with Crippen molar-refractivity contribution >= 4 is 51.7 Å². The molecule has 1 aromatic rings. The lowest BCUT2D eigenvalue weighted by Gasteiger charge is -2.37. The molecule has 5 atom stereocenters. The number of nitrogens with zero attached hydrogens (tertiary/aromatic N) is 3. The molecule has 4 aliphatic heterocycles. The summed E-state index contributed by atoms with van der Waals surface area (Å²) in [4.78, 5) is 71.5. The predicted molar refractivity (Wildman–Crippen MR) is 192 cm³/mol. The summed E-state index contributed by atoms with van der Waals surface area (Å²) >= 11 is 6.35. The maximum atomic E-state index is 14.4. The second-order valence-corrected chi connectivity index (χ2v) is 17.5. The Hall–Kier alpha value is -4.03. The molecule has 55 heavy (non-hydrogen) atoms. The van der Waals surface area contributed by atoms with E-state index in [1.54, 1.807) is 18.2 Å². The summed E-state index contributed by atoms with van der Waals surface area (Å²) < 4.78 is 66.6. The molecule has 300 valence electrons.